The highest BCUT2D eigenvalue weighted by Crippen LogP contribution is 2.55. The van der Waals surface area contributed by atoms with Crippen LogP contribution in [0.5, 0.6) is 5.75 Å². The fourth-order valence-electron chi connectivity index (χ4n) is 3.36. The minimum atomic E-state index is -3.52. The summed E-state index contributed by atoms with van der Waals surface area (Å²) in [5, 5.41) is 15.7. The van der Waals surface area contributed by atoms with E-state index in [-0.39, 0.29) is 22.0 Å². The molecule has 4 heterocycles. The Morgan fingerprint density at radius 3 is 2.73 bits per heavy atom. The summed E-state index contributed by atoms with van der Waals surface area (Å²) >= 11 is 6.25. The summed E-state index contributed by atoms with van der Waals surface area (Å²) in [6.07, 6.45) is 0. The van der Waals surface area contributed by atoms with Gasteiger partial charge in [0.1, 0.15) is 10.5 Å². The van der Waals surface area contributed by atoms with Gasteiger partial charge >= 0.3 is 0 Å². The molecule has 3 aromatic heterocycles. The van der Waals surface area contributed by atoms with Gasteiger partial charge in [0.05, 0.1) is 26.2 Å². The van der Waals surface area contributed by atoms with Crippen molar-refractivity contribution in [1.82, 2.24) is 4.57 Å². The molecule has 0 unspecified atom stereocenters. The van der Waals surface area contributed by atoms with Crippen molar-refractivity contribution in [2.24, 2.45) is 4.40 Å². The van der Waals surface area contributed by atoms with E-state index < -0.39 is 16.3 Å². The van der Waals surface area contributed by atoms with Crippen molar-refractivity contribution < 1.29 is 14.2 Å². The zero-order valence-electron chi connectivity index (χ0n) is 15.1. The monoisotopic (exact) mass is 523 g/mol. The highest BCUT2D eigenvalue weighted by atomic mass is 79.9. The molecule has 7 nitrogen and oxygen atoms in total. The van der Waals surface area contributed by atoms with E-state index in [1.165, 1.54) is 22.7 Å². The third-order valence-corrected chi connectivity index (χ3v) is 8.58. The topological polar surface area (TPSA) is 107 Å². The highest BCUT2D eigenvalue weighted by Gasteiger charge is 2.30. The van der Waals surface area contributed by atoms with Gasteiger partial charge in [0, 0.05) is 4.88 Å². The zero-order chi connectivity index (χ0) is 21.0. The summed E-state index contributed by atoms with van der Waals surface area (Å²) in [6, 6.07) is 12.3. The molecule has 0 aliphatic carbocycles. The molecule has 0 fully saturated rings. The summed E-state index contributed by atoms with van der Waals surface area (Å²) in [5.41, 5.74) is 0.485. The van der Waals surface area contributed by atoms with Crippen LogP contribution in [-0.4, -0.2) is 24.6 Å². The second-order valence-corrected chi connectivity index (χ2v) is 11.7. The van der Waals surface area contributed by atoms with Gasteiger partial charge in [0.15, 0.2) is 11.6 Å². The number of thiophene rings is 2. The maximum absolute atomic E-state index is 13.5. The van der Waals surface area contributed by atoms with Crippen molar-refractivity contribution in [3.8, 4) is 5.75 Å². The van der Waals surface area contributed by atoms with Crippen molar-refractivity contribution >= 4 is 71.1 Å². The van der Waals surface area contributed by atoms with E-state index in [4.69, 9.17) is 0 Å². The van der Waals surface area contributed by atoms with Gasteiger partial charge in [-0.2, -0.15) is 0 Å². The number of amidine groups is 1. The lowest BCUT2D eigenvalue weighted by atomic mass is 10.2. The van der Waals surface area contributed by atoms with Crippen molar-refractivity contribution in [2.45, 2.75) is 11.4 Å². The zero-order valence-corrected chi connectivity index (χ0v) is 19.1. The van der Waals surface area contributed by atoms with Crippen molar-refractivity contribution in [2.75, 3.05) is 5.32 Å². The van der Waals surface area contributed by atoms with Gasteiger partial charge in [0.2, 0.25) is 0 Å². The molecular formula is C19H14BrN3O4S3. The van der Waals surface area contributed by atoms with Crippen LogP contribution in [0.1, 0.15) is 10.4 Å². The number of aromatic hydroxyl groups is 1. The number of halogens is 1. The lowest BCUT2D eigenvalue weighted by Gasteiger charge is -2.34. The molecule has 1 aliphatic rings. The lowest BCUT2D eigenvalue weighted by Crippen LogP contribution is -2.32. The van der Waals surface area contributed by atoms with Gasteiger partial charge < -0.3 is 15.0 Å². The van der Waals surface area contributed by atoms with E-state index in [1.54, 1.807) is 40.3 Å². The Balaban J connectivity index is 1.72. The molecule has 30 heavy (non-hydrogen) atoms. The maximum atomic E-state index is 13.5. The maximum Gasteiger partial charge on any atom is 0.266 e. The fraction of sp³-hybridized carbons (Fsp3) is 0.0526. The van der Waals surface area contributed by atoms with Crippen LogP contribution in [0.15, 0.2) is 65.7 Å². The number of nitrogens with zero attached hydrogens (tertiary/aromatic N) is 2. The van der Waals surface area contributed by atoms with E-state index in [1.807, 2.05) is 12.1 Å². The Morgan fingerprint density at radius 1 is 1.17 bits per heavy atom. The van der Waals surface area contributed by atoms with E-state index in [9.17, 15) is 19.0 Å². The van der Waals surface area contributed by atoms with Crippen molar-refractivity contribution in [3.63, 3.8) is 0 Å². The fourth-order valence-corrected chi connectivity index (χ4v) is 6.84. The first-order valence-electron chi connectivity index (χ1n) is 8.67. The van der Waals surface area contributed by atoms with E-state index in [0.717, 1.165) is 8.66 Å². The van der Waals surface area contributed by atoms with E-state index in [0.29, 0.717) is 22.4 Å². The van der Waals surface area contributed by atoms with Crippen LogP contribution in [-0.2, 0) is 6.54 Å². The molecular weight excluding hydrogens is 510 g/mol. The van der Waals surface area contributed by atoms with Crippen LogP contribution in [0.3, 0.4) is 0 Å². The van der Waals surface area contributed by atoms with Crippen LogP contribution in [0.4, 0.5) is 5.69 Å². The third-order valence-electron chi connectivity index (χ3n) is 4.68. The van der Waals surface area contributed by atoms with Gasteiger partial charge in [-0.3, -0.25) is 13.9 Å². The molecule has 4 aromatic rings. The lowest BCUT2D eigenvalue weighted by molar-refractivity contribution is 0.478. The molecule has 1 aliphatic heterocycles. The van der Waals surface area contributed by atoms with Gasteiger partial charge in [-0.25, -0.2) is 0 Å². The van der Waals surface area contributed by atoms with Crippen LogP contribution in [0, 0.1) is 0 Å². The molecule has 5 rings (SSSR count). The number of para-hydroxylation sites is 1. The number of nitrogens with one attached hydrogen (secondary N) is 1. The summed E-state index contributed by atoms with van der Waals surface area (Å²) in [7, 11) is -3.52. The molecule has 154 valence electrons. The Labute approximate surface area is 188 Å². The Kier molecular flexibility index (Phi) is 4.76. The Hall–Kier alpha value is -2.15. The molecule has 0 amide bonds. The molecule has 0 saturated carbocycles. The number of fused-ring (bicyclic) bond motifs is 2. The average molecular weight is 524 g/mol. The Morgan fingerprint density at radius 2 is 1.97 bits per heavy atom. The van der Waals surface area contributed by atoms with Gasteiger partial charge in [-0.15, -0.1) is 27.1 Å². The van der Waals surface area contributed by atoms with Crippen LogP contribution in [0.25, 0.3) is 10.2 Å². The van der Waals surface area contributed by atoms with E-state index >= 15 is 0 Å². The summed E-state index contributed by atoms with van der Waals surface area (Å²) in [5.74, 6) is -0.290. The first-order valence-corrected chi connectivity index (χ1v) is 12.7. The number of aromatic nitrogens is 1. The third kappa shape index (κ3) is 3.18. The number of anilines is 1. The quantitative estimate of drug-likeness (QED) is 0.282. The first kappa shape index (κ1) is 19.8. The minimum absolute atomic E-state index is 0.0624. The molecule has 1 aromatic carbocycles. The number of hydrogen-bond donors (Lipinski definition) is 4. The Bertz CT molecular complexity index is 1390. The average Bonchev–Trinajstić information content (AvgIpc) is 3.34. The molecule has 0 saturated heterocycles. The second-order valence-electron chi connectivity index (χ2n) is 6.54. The van der Waals surface area contributed by atoms with Gasteiger partial charge in [0.25, 0.3) is 5.56 Å². The second kappa shape index (κ2) is 7.22. The molecule has 11 heteroatoms. The molecule has 0 bridgehead atoms. The number of hydrogen-bond acceptors (Lipinski definition) is 8. The predicted octanol–water partition coefficient (Wildman–Crippen LogP) is 5.54. The normalized spacial score (nSPS) is 16.0. The highest BCUT2D eigenvalue weighted by molar-refractivity contribution is 9.11. The van der Waals surface area contributed by atoms with Crippen LogP contribution >= 0.6 is 49.4 Å². The number of benzene rings is 1. The predicted molar refractivity (Wildman–Crippen MR) is 127 cm³/mol. The molecule has 0 radical (unpaired) electrons. The number of rotatable bonds is 3. The molecule has 0 atom stereocenters. The van der Waals surface area contributed by atoms with Gasteiger partial charge in [-0.1, -0.05) is 22.9 Å². The van der Waals surface area contributed by atoms with Crippen LogP contribution < -0.4 is 10.9 Å². The molecule has 0 spiro atoms. The minimum Gasteiger partial charge on any atom is -0.505 e. The van der Waals surface area contributed by atoms with Crippen molar-refractivity contribution in [1.29, 1.82) is 0 Å². The van der Waals surface area contributed by atoms with Crippen LogP contribution in [0.2, 0.25) is 0 Å². The largest absolute Gasteiger partial charge is 0.505 e. The summed E-state index contributed by atoms with van der Waals surface area (Å²) in [6.45, 7) is 0.315. The van der Waals surface area contributed by atoms with E-state index in [2.05, 4.69) is 25.6 Å². The smallest absolute Gasteiger partial charge is 0.266 e. The summed E-state index contributed by atoms with van der Waals surface area (Å²) < 4.78 is 28.1. The standard InChI is InChI=1S/C19H14BrN3O4S3/c20-14-6-5-10(29-14)9-23-12-7-8-28-17(12)16(24)15(19(23)25)18-21-11-3-1-2-4-13(11)30(26,27)22-18/h1-8,24,26-27H,9H2,(H,21,22). The van der Waals surface area contributed by atoms with Crippen molar-refractivity contribution in [3.05, 3.63) is 72.4 Å². The number of pyridine rings is 1. The molecule has 4 N–H and O–H groups in total. The van der Waals surface area contributed by atoms with Gasteiger partial charge in [-0.05, 0) is 51.6 Å². The first-order chi connectivity index (χ1) is 14.3. The SMILES string of the molecule is O=c1c(C2=NS(O)(O)c3ccccc3N2)c(O)c2sccc2n1Cc1ccc(Br)s1. The summed E-state index contributed by atoms with van der Waals surface area (Å²) in [4.78, 5) is 14.7.